The fraction of sp³-hybridized carbons (Fsp3) is 0.381. The molecule has 1 amide bonds. The number of piperidine rings is 1. The van der Waals surface area contributed by atoms with Crippen LogP contribution in [0.15, 0.2) is 52.4 Å². The van der Waals surface area contributed by atoms with Crippen LogP contribution < -0.4 is 5.56 Å². The van der Waals surface area contributed by atoms with Gasteiger partial charge in [-0.3, -0.25) is 9.59 Å². The number of fused-ring (bicyclic) bond motifs is 4. The van der Waals surface area contributed by atoms with E-state index in [1.54, 1.807) is 22.9 Å². The van der Waals surface area contributed by atoms with Crippen molar-refractivity contribution in [3.63, 3.8) is 0 Å². The molecule has 8 nitrogen and oxygen atoms in total. The van der Waals surface area contributed by atoms with Crippen LogP contribution in [0.25, 0.3) is 5.69 Å². The quantitative estimate of drug-likeness (QED) is 0.561. The largest absolute Gasteiger partial charge is 0.341 e. The number of carbonyl (C=O) groups is 1. The first-order valence-corrected chi connectivity index (χ1v) is 11.4. The zero-order valence-electron chi connectivity index (χ0n) is 16.9. The third kappa shape index (κ3) is 3.87. The number of halogens is 1. The minimum absolute atomic E-state index is 0.0462. The zero-order chi connectivity index (χ0) is 21.5. The average Bonchev–Trinajstić information content (AvgIpc) is 3.22. The first kappa shape index (κ1) is 20.3. The molecule has 0 radical (unpaired) electrons. The van der Waals surface area contributed by atoms with Crippen molar-refractivity contribution in [1.82, 2.24) is 29.7 Å². The summed E-state index contributed by atoms with van der Waals surface area (Å²) in [7, 11) is 0. The molecule has 2 aliphatic rings. The molecular weight excluding hydrogens is 436 g/mol. The summed E-state index contributed by atoms with van der Waals surface area (Å²) < 4.78 is 3.48. The molecule has 3 unspecified atom stereocenters. The van der Waals surface area contributed by atoms with E-state index in [4.69, 9.17) is 11.6 Å². The van der Waals surface area contributed by atoms with E-state index in [2.05, 4.69) is 15.5 Å². The van der Waals surface area contributed by atoms with Crippen LogP contribution in [0.4, 0.5) is 0 Å². The minimum atomic E-state index is -0.339. The van der Waals surface area contributed by atoms with Crippen LogP contribution in [0.1, 0.15) is 25.0 Å². The lowest BCUT2D eigenvalue weighted by Crippen LogP contribution is -2.50. The van der Waals surface area contributed by atoms with E-state index in [0.29, 0.717) is 35.7 Å². The number of nitrogens with zero attached hydrogens (tertiary/aromatic N) is 6. The molecule has 3 aromatic rings. The highest BCUT2D eigenvalue weighted by molar-refractivity contribution is 8.00. The monoisotopic (exact) mass is 456 g/mol. The predicted molar refractivity (Wildman–Crippen MR) is 118 cm³/mol. The number of benzene rings is 1. The van der Waals surface area contributed by atoms with Gasteiger partial charge in [0.2, 0.25) is 11.1 Å². The smallest absolute Gasteiger partial charge is 0.250 e. The Bertz CT molecular complexity index is 1180. The van der Waals surface area contributed by atoms with Crippen LogP contribution in [0.2, 0.25) is 5.02 Å². The number of hydrogen-bond donors (Lipinski definition) is 0. The maximum Gasteiger partial charge on any atom is 0.250 e. The normalized spacial score (nSPS) is 20.9. The molecular formula is C21H21ClN6O2S. The molecule has 10 heteroatoms. The molecule has 0 N–H and O–H groups in total. The summed E-state index contributed by atoms with van der Waals surface area (Å²) in [6, 6.07) is 12.6. The van der Waals surface area contributed by atoms with E-state index in [-0.39, 0.29) is 22.6 Å². The first-order chi connectivity index (χ1) is 15.0. The van der Waals surface area contributed by atoms with Crippen LogP contribution in [0.3, 0.4) is 0 Å². The molecule has 1 fully saturated rings. The molecule has 2 aliphatic heterocycles. The van der Waals surface area contributed by atoms with Gasteiger partial charge in [0, 0.05) is 42.3 Å². The lowest BCUT2D eigenvalue weighted by molar-refractivity contribution is -0.133. The Hall–Kier alpha value is -2.65. The third-order valence-corrected chi connectivity index (χ3v) is 7.21. The van der Waals surface area contributed by atoms with Crippen molar-refractivity contribution < 1.29 is 4.79 Å². The Kier molecular flexibility index (Phi) is 5.31. The zero-order valence-corrected chi connectivity index (χ0v) is 18.5. The van der Waals surface area contributed by atoms with Crippen molar-refractivity contribution in [3.8, 4) is 5.69 Å². The number of carbonyl (C=O) groups excluding carboxylic acids is 1. The van der Waals surface area contributed by atoms with E-state index in [0.717, 1.165) is 17.8 Å². The molecule has 3 atom stereocenters. The summed E-state index contributed by atoms with van der Waals surface area (Å²) in [4.78, 5) is 27.4. The SMILES string of the molecule is CC(Sc1nnnn1-c1ccc(Cl)cc1)C(=O)N1CC2CC(C1)c1cccc(=O)n1C2. The van der Waals surface area contributed by atoms with E-state index in [9.17, 15) is 9.59 Å². The molecule has 0 spiro atoms. The number of pyridine rings is 1. The van der Waals surface area contributed by atoms with E-state index < -0.39 is 0 Å². The minimum Gasteiger partial charge on any atom is -0.341 e. The number of likely N-dealkylation sites (tertiary alicyclic amines) is 1. The second-order valence-corrected chi connectivity index (χ2v) is 9.80. The lowest BCUT2D eigenvalue weighted by atomic mass is 9.83. The first-order valence-electron chi connectivity index (χ1n) is 10.2. The number of tetrazole rings is 1. The third-order valence-electron chi connectivity index (χ3n) is 5.93. The maximum atomic E-state index is 13.3. The van der Waals surface area contributed by atoms with Gasteiger partial charge in [-0.25, -0.2) is 0 Å². The maximum absolute atomic E-state index is 13.3. The van der Waals surface area contributed by atoms with Crippen LogP contribution in [0.5, 0.6) is 0 Å². The van der Waals surface area contributed by atoms with Crippen molar-refractivity contribution in [2.75, 3.05) is 13.1 Å². The molecule has 1 aromatic carbocycles. The van der Waals surface area contributed by atoms with E-state index in [1.807, 2.05) is 40.7 Å². The van der Waals surface area contributed by atoms with Gasteiger partial charge in [-0.1, -0.05) is 29.4 Å². The highest BCUT2D eigenvalue weighted by Gasteiger charge is 2.37. The fourth-order valence-corrected chi connectivity index (χ4v) is 5.56. The average molecular weight is 457 g/mol. The summed E-state index contributed by atoms with van der Waals surface area (Å²) >= 11 is 7.31. The molecule has 31 heavy (non-hydrogen) atoms. The molecule has 0 saturated carbocycles. The molecule has 2 bridgehead atoms. The summed E-state index contributed by atoms with van der Waals surface area (Å²) in [5.41, 5.74) is 1.87. The Labute approximate surface area is 188 Å². The number of rotatable bonds is 4. The Morgan fingerprint density at radius 2 is 1.97 bits per heavy atom. The Morgan fingerprint density at radius 1 is 1.16 bits per heavy atom. The second kappa shape index (κ2) is 8.12. The van der Waals surface area contributed by atoms with Gasteiger partial charge in [0.1, 0.15) is 0 Å². The number of amides is 1. The van der Waals surface area contributed by atoms with E-state index >= 15 is 0 Å². The predicted octanol–water partition coefficient (Wildman–Crippen LogP) is 2.60. The van der Waals surface area contributed by atoms with Crippen LogP contribution in [-0.2, 0) is 11.3 Å². The topological polar surface area (TPSA) is 85.9 Å². The van der Waals surface area contributed by atoms with Gasteiger partial charge < -0.3 is 9.47 Å². The van der Waals surface area contributed by atoms with Crippen LogP contribution in [0, 0.1) is 5.92 Å². The van der Waals surface area contributed by atoms with Crippen molar-refractivity contribution in [2.45, 2.75) is 36.2 Å². The van der Waals surface area contributed by atoms with Gasteiger partial charge in [0.25, 0.3) is 5.56 Å². The second-order valence-electron chi connectivity index (χ2n) is 8.05. The van der Waals surface area contributed by atoms with Gasteiger partial charge in [0.15, 0.2) is 0 Å². The van der Waals surface area contributed by atoms with Crippen molar-refractivity contribution >= 4 is 29.3 Å². The Balaban J connectivity index is 1.31. The highest BCUT2D eigenvalue weighted by Crippen LogP contribution is 2.36. The molecule has 5 rings (SSSR count). The summed E-state index contributed by atoms with van der Waals surface area (Å²) in [6.07, 6.45) is 1.02. The number of aromatic nitrogens is 5. The molecule has 2 aromatic heterocycles. The van der Waals surface area contributed by atoms with Crippen LogP contribution in [-0.4, -0.2) is 53.9 Å². The van der Waals surface area contributed by atoms with Gasteiger partial charge in [-0.05, 0) is 60.0 Å². The molecule has 160 valence electrons. The summed E-state index contributed by atoms with van der Waals surface area (Å²) in [6.45, 7) is 3.86. The summed E-state index contributed by atoms with van der Waals surface area (Å²) in [5.74, 6) is 0.561. The van der Waals surface area contributed by atoms with Crippen molar-refractivity contribution in [3.05, 3.63) is 63.5 Å². The van der Waals surface area contributed by atoms with E-state index in [1.165, 1.54) is 11.8 Å². The van der Waals surface area contributed by atoms with Crippen LogP contribution >= 0.6 is 23.4 Å². The van der Waals surface area contributed by atoms with Gasteiger partial charge in [0.05, 0.1) is 10.9 Å². The standard InChI is InChI=1S/C21H21ClN6O2S/c1-13(31-21-23-24-25-28(21)17-7-5-16(22)6-8-17)20(30)26-10-14-9-15(12-26)18-3-2-4-19(29)27(18)11-14/h2-8,13-15H,9-12H2,1H3. The van der Waals surface area contributed by atoms with Gasteiger partial charge in [-0.15, -0.1) is 5.10 Å². The fourth-order valence-electron chi connectivity index (χ4n) is 4.54. The highest BCUT2D eigenvalue weighted by atomic mass is 35.5. The number of thioether (sulfide) groups is 1. The summed E-state index contributed by atoms with van der Waals surface area (Å²) in [5, 5.41) is 12.8. The molecule has 1 saturated heterocycles. The lowest BCUT2D eigenvalue weighted by Gasteiger charge is -2.43. The van der Waals surface area contributed by atoms with Crippen molar-refractivity contribution in [2.24, 2.45) is 5.92 Å². The van der Waals surface area contributed by atoms with Crippen molar-refractivity contribution in [1.29, 1.82) is 0 Å². The molecule has 4 heterocycles. The Morgan fingerprint density at radius 3 is 2.77 bits per heavy atom. The van der Waals surface area contributed by atoms with Gasteiger partial charge in [-0.2, -0.15) is 4.68 Å². The number of hydrogen-bond acceptors (Lipinski definition) is 6. The molecule has 0 aliphatic carbocycles. The van der Waals surface area contributed by atoms with Gasteiger partial charge >= 0.3 is 0 Å².